The summed E-state index contributed by atoms with van der Waals surface area (Å²) in [6.07, 6.45) is 1.30. The van der Waals surface area contributed by atoms with Gasteiger partial charge in [-0.25, -0.2) is 12.8 Å². The molecule has 0 fully saturated rings. The van der Waals surface area contributed by atoms with Crippen LogP contribution in [0.4, 0.5) is 10.1 Å². The summed E-state index contributed by atoms with van der Waals surface area (Å²) in [7, 11) is -2.08. The number of amides is 2. The second-order valence-electron chi connectivity index (χ2n) is 9.06. The van der Waals surface area contributed by atoms with Crippen LogP contribution in [0.2, 0.25) is 0 Å². The first-order chi connectivity index (χ1) is 16.9. The predicted molar refractivity (Wildman–Crippen MR) is 139 cm³/mol. The maximum Gasteiger partial charge on any atom is 0.242 e. The highest BCUT2D eigenvalue weighted by atomic mass is 32.2. The molecule has 198 valence electrons. The van der Waals surface area contributed by atoms with Crippen molar-refractivity contribution in [2.75, 3.05) is 30.8 Å². The number of carbonyl (C=O) groups is 2. The lowest BCUT2D eigenvalue weighted by Gasteiger charge is -2.29. The fourth-order valence-corrected chi connectivity index (χ4v) is 4.56. The molecule has 0 aromatic heterocycles. The molecule has 0 heterocycles. The summed E-state index contributed by atoms with van der Waals surface area (Å²) in [5.41, 5.74) is 0.751. The van der Waals surface area contributed by atoms with Gasteiger partial charge in [-0.3, -0.25) is 13.9 Å². The van der Waals surface area contributed by atoms with E-state index in [1.54, 1.807) is 49.4 Å². The predicted octanol–water partition coefficient (Wildman–Crippen LogP) is 3.57. The molecule has 0 bridgehead atoms. The molecule has 10 heteroatoms. The monoisotopic (exact) mass is 521 g/mol. The van der Waals surface area contributed by atoms with E-state index in [1.165, 1.54) is 22.4 Å². The first-order valence-electron chi connectivity index (χ1n) is 11.9. The van der Waals surface area contributed by atoms with Gasteiger partial charge in [0.25, 0.3) is 0 Å². The van der Waals surface area contributed by atoms with E-state index < -0.39 is 21.9 Å². The van der Waals surface area contributed by atoms with Gasteiger partial charge in [-0.2, -0.15) is 0 Å². The molecule has 0 radical (unpaired) electrons. The number of anilines is 1. The average molecular weight is 522 g/mol. The molecule has 8 nitrogen and oxygen atoms in total. The largest absolute Gasteiger partial charge is 0.497 e. The SMILES string of the molecule is COc1ccc(N(CCCC(=O)N(Cc2ccccc2F)[C@@H](C)C(=O)NCC(C)C)S(C)(=O)=O)cc1. The van der Waals surface area contributed by atoms with Crippen LogP contribution >= 0.6 is 0 Å². The minimum Gasteiger partial charge on any atom is -0.497 e. The molecular weight excluding hydrogens is 485 g/mol. The van der Waals surface area contributed by atoms with Crippen LogP contribution in [0.25, 0.3) is 0 Å². The lowest BCUT2D eigenvalue weighted by Crippen LogP contribution is -2.48. The van der Waals surface area contributed by atoms with Gasteiger partial charge in [0.1, 0.15) is 17.6 Å². The van der Waals surface area contributed by atoms with Crippen LogP contribution in [-0.4, -0.2) is 57.6 Å². The number of nitrogens with zero attached hydrogens (tertiary/aromatic N) is 2. The molecule has 2 amide bonds. The summed E-state index contributed by atoms with van der Waals surface area (Å²) in [6, 6.07) is 11.9. The van der Waals surface area contributed by atoms with Gasteiger partial charge in [0.2, 0.25) is 21.8 Å². The van der Waals surface area contributed by atoms with Gasteiger partial charge in [0.05, 0.1) is 19.1 Å². The number of ether oxygens (including phenoxy) is 1. The molecule has 1 atom stereocenters. The Bertz CT molecular complexity index is 1120. The Morgan fingerprint density at radius 1 is 1.06 bits per heavy atom. The molecule has 0 unspecified atom stereocenters. The Labute approximate surface area is 213 Å². The zero-order valence-electron chi connectivity index (χ0n) is 21.5. The van der Waals surface area contributed by atoms with Gasteiger partial charge in [0, 0.05) is 31.6 Å². The summed E-state index contributed by atoms with van der Waals surface area (Å²) in [5, 5.41) is 2.82. The maximum atomic E-state index is 14.3. The van der Waals surface area contributed by atoms with Crippen LogP contribution < -0.4 is 14.4 Å². The number of halogens is 1. The Balaban J connectivity index is 2.16. The minimum atomic E-state index is -3.60. The van der Waals surface area contributed by atoms with Crippen molar-refractivity contribution >= 4 is 27.5 Å². The molecule has 0 aliphatic rings. The van der Waals surface area contributed by atoms with E-state index in [1.807, 2.05) is 13.8 Å². The van der Waals surface area contributed by atoms with Crippen LogP contribution in [0.15, 0.2) is 48.5 Å². The molecule has 2 aromatic rings. The molecule has 2 rings (SSSR count). The second kappa shape index (κ2) is 13.2. The van der Waals surface area contributed by atoms with Crippen molar-refractivity contribution < 1.29 is 27.1 Å². The molecule has 0 saturated carbocycles. The highest BCUT2D eigenvalue weighted by molar-refractivity contribution is 7.92. The molecule has 0 aliphatic carbocycles. The van der Waals surface area contributed by atoms with Crippen LogP contribution in [0.5, 0.6) is 5.75 Å². The third-order valence-corrected chi connectivity index (χ3v) is 6.86. The van der Waals surface area contributed by atoms with Crippen LogP contribution in [0.1, 0.15) is 39.2 Å². The van der Waals surface area contributed by atoms with Crippen LogP contribution in [-0.2, 0) is 26.2 Å². The summed E-state index contributed by atoms with van der Waals surface area (Å²) in [5.74, 6) is -0.335. The highest BCUT2D eigenvalue weighted by Gasteiger charge is 2.27. The smallest absolute Gasteiger partial charge is 0.242 e. The van der Waals surface area contributed by atoms with Gasteiger partial charge < -0.3 is 15.0 Å². The van der Waals surface area contributed by atoms with Gasteiger partial charge in [-0.15, -0.1) is 0 Å². The summed E-state index contributed by atoms with van der Waals surface area (Å²) in [6.45, 7) is 5.98. The minimum absolute atomic E-state index is 0.0154. The number of sulfonamides is 1. The topological polar surface area (TPSA) is 96.0 Å². The molecule has 0 spiro atoms. The van der Waals surface area contributed by atoms with Crippen molar-refractivity contribution in [3.63, 3.8) is 0 Å². The number of hydrogen-bond donors (Lipinski definition) is 1. The zero-order valence-corrected chi connectivity index (χ0v) is 22.3. The first kappa shape index (κ1) is 29.1. The lowest BCUT2D eigenvalue weighted by molar-refractivity contribution is -0.140. The number of rotatable bonds is 13. The number of nitrogens with one attached hydrogen (secondary N) is 1. The van der Waals surface area contributed by atoms with Crippen LogP contribution in [0.3, 0.4) is 0 Å². The Kier molecular flexibility index (Phi) is 10.7. The van der Waals surface area contributed by atoms with E-state index in [0.717, 1.165) is 6.26 Å². The summed E-state index contributed by atoms with van der Waals surface area (Å²) >= 11 is 0. The molecular formula is C26H36FN3O5S. The van der Waals surface area contributed by atoms with Gasteiger partial charge in [-0.05, 0) is 49.6 Å². The molecule has 0 saturated heterocycles. The average Bonchev–Trinajstić information content (AvgIpc) is 2.83. The summed E-state index contributed by atoms with van der Waals surface area (Å²) in [4.78, 5) is 27.3. The zero-order chi connectivity index (χ0) is 26.9. The standard InChI is InChI=1S/C26H36FN3O5S/c1-19(2)17-28-26(32)20(3)29(18-21-9-6-7-10-24(21)27)25(31)11-8-16-30(36(5,33)34)22-12-14-23(35-4)15-13-22/h6-7,9-10,12-15,19-20H,8,11,16-18H2,1-5H3,(H,28,32)/t20-/m0/s1. The first-order valence-corrected chi connectivity index (χ1v) is 13.7. The third-order valence-electron chi connectivity index (χ3n) is 5.66. The van der Waals surface area contributed by atoms with Crippen LogP contribution in [0, 0.1) is 11.7 Å². The van der Waals surface area contributed by atoms with Gasteiger partial charge in [-0.1, -0.05) is 32.0 Å². The Hall–Kier alpha value is -3.14. The Morgan fingerprint density at radius 3 is 2.25 bits per heavy atom. The number of methoxy groups -OCH3 is 1. The van der Waals surface area contributed by atoms with Crippen molar-refractivity contribution in [1.82, 2.24) is 10.2 Å². The van der Waals surface area contributed by atoms with Crippen molar-refractivity contribution in [2.45, 2.75) is 46.2 Å². The van der Waals surface area contributed by atoms with E-state index in [-0.39, 0.29) is 43.7 Å². The van der Waals surface area contributed by atoms with E-state index >= 15 is 0 Å². The van der Waals surface area contributed by atoms with Crippen molar-refractivity contribution in [3.8, 4) is 5.75 Å². The molecule has 36 heavy (non-hydrogen) atoms. The van der Waals surface area contributed by atoms with Crippen molar-refractivity contribution in [2.24, 2.45) is 5.92 Å². The normalized spacial score (nSPS) is 12.2. The second-order valence-corrected chi connectivity index (χ2v) is 11.0. The van der Waals surface area contributed by atoms with Crippen molar-refractivity contribution in [1.29, 1.82) is 0 Å². The van der Waals surface area contributed by atoms with Gasteiger partial charge in [0.15, 0.2) is 0 Å². The van der Waals surface area contributed by atoms with E-state index in [9.17, 15) is 22.4 Å². The molecule has 1 N–H and O–H groups in total. The number of benzene rings is 2. The van der Waals surface area contributed by atoms with E-state index in [4.69, 9.17) is 4.74 Å². The fourth-order valence-electron chi connectivity index (χ4n) is 3.60. The summed E-state index contributed by atoms with van der Waals surface area (Å²) < 4.78 is 45.5. The quantitative estimate of drug-likeness (QED) is 0.435. The third kappa shape index (κ3) is 8.51. The number of hydrogen-bond acceptors (Lipinski definition) is 5. The highest BCUT2D eigenvalue weighted by Crippen LogP contribution is 2.22. The van der Waals surface area contributed by atoms with E-state index in [2.05, 4.69) is 5.32 Å². The fraction of sp³-hybridized carbons (Fsp3) is 0.462. The van der Waals surface area contributed by atoms with E-state index in [0.29, 0.717) is 23.5 Å². The Morgan fingerprint density at radius 2 is 1.69 bits per heavy atom. The number of carbonyl (C=O) groups excluding carboxylic acids is 2. The van der Waals surface area contributed by atoms with Crippen molar-refractivity contribution in [3.05, 3.63) is 59.9 Å². The molecule has 0 aliphatic heterocycles. The molecule has 2 aromatic carbocycles. The lowest BCUT2D eigenvalue weighted by atomic mass is 10.1. The maximum absolute atomic E-state index is 14.3. The van der Waals surface area contributed by atoms with Gasteiger partial charge >= 0.3 is 0 Å².